The van der Waals surface area contributed by atoms with E-state index < -0.39 is 0 Å². The van der Waals surface area contributed by atoms with Crippen LogP contribution in [0.1, 0.15) is 34.8 Å². The van der Waals surface area contributed by atoms with Gasteiger partial charge in [0.1, 0.15) is 6.33 Å². The molecule has 27 heavy (non-hydrogen) atoms. The number of hydrogen-bond donors (Lipinski definition) is 0. The van der Waals surface area contributed by atoms with Gasteiger partial charge in [0, 0.05) is 17.6 Å². The SMILES string of the molecule is CC(c1ccccc1)n1cnnc1SCc1csc(Cc2ccccc2)n1. The lowest BCUT2D eigenvalue weighted by atomic mass is 10.1. The van der Waals surface area contributed by atoms with E-state index in [1.807, 2.05) is 18.5 Å². The molecule has 0 aliphatic rings. The van der Waals surface area contributed by atoms with Crippen molar-refractivity contribution in [3.63, 3.8) is 0 Å². The lowest BCUT2D eigenvalue weighted by Gasteiger charge is -2.15. The summed E-state index contributed by atoms with van der Waals surface area (Å²) in [6, 6.07) is 21.1. The number of thioether (sulfide) groups is 1. The Bertz CT molecular complexity index is 980. The first-order valence-corrected chi connectivity index (χ1v) is 10.7. The highest BCUT2D eigenvalue weighted by Gasteiger charge is 2.14. The van der Waals surface area contributed by atoms with Gasteiger partial charge in [0.2, 0.25) is 0 Å². The summed E-state index contributed by atoms with van der Waals surface area (Å²) in [4.78, 5) is 4.78. The molecule has 0 saturated carbocycles. The molecule has 0 saturated heterocycles. The summed E-state index contributed by atoms with van der Waals surface area (Å²) in [5, 5.41) is 12.6. The van der Waals surface area contributed by atoms with Gasteiger partial charge in [-0.2, -0.15) is 0 Å². The van der Waals surface area contributed by atoms with Gasteiger partial charge in [-0.15, -0.1) is 21.5 Å². The summed E-state index contributed by atoms with van der Waals surface area (Å²) in [7, 11) is 0. The summed E-state index contributed by atoms with van der Waals surface area (Å²) in [5.74, 6) is 0.797. The minimum Gasteiger partial charge on any atom is -0.301 e. The average molecular weight is 393 g/mol. The van der Waals surface area contributed by atoms with Crippen LogP contribution in [-0.2, 0) is 12.2 Å². The van der Waals surface area contributed by atoms with Gasteiger partial charge in [-0.3, -0.25) is 0 Å². The Kier molecular flexibility index (Phi) is 5.65. The highest BCUT2D eigenvalue weighted by molar-refractivity contribution is 7.98. The minimum atomic E-state index is 0.202. The molecular weight excluding hydrogens is 372 g/mol. The van der Waals surface area contributed by atoms with Crippen LogP contribution in [0.3, 0.4) is 0 Å². The Hall–Kier alpha value is -2.44. The number of nitrogens with zero attached hydrogens (tertiary/aromatic N) is 4. The summed E-state index contributed by atoms with van der Waals surface area (Å²) in [6.45, 7) is 2.17. The van der Waals surface area contributed by atoms with E-state index in [-0.39, 0.29) is 6.04 Å². The third-order valence-corrected chi connectivity index (χ3v) is 6.27. The zero-order chi connectivity index (χ0) is 18.5. The van der Waals surface area contributed by atoms with E-state index in [4.69, 9.17) is 4.98 Å². The Morgan fingerprint density at radius 1 is 1.04 bits per heavy atom. The highest BCUT2D eigenvalue weighted by atomic mass is 32.2. The van der Waals surface area contributed by atoms with Crippen molar-refractivity contribution < 1.29 is 0 Å². The van der Waals surface area contributed by atoms with Crippen LogP contribution in [0.15, 0.2) is 77.5 Å². The lowest BCUT2D eigenvalue weighted by Crippen LogP contribution is -2.07. The van der Waals surface area contributed by atoms with Crippen molar-refractivity contribution in [2.75, 3.05) is 0 Å². The number of thiazole rings is 1. The first-order valence-electron chi connectivity index (χ1n) is 8.84. The molecule has 0 spiro atoms. The van der Waals surface area contributed by atoms with Crippen molar-refractivity contribution in [3.05, 3.63) is 94.2 Å². The topological polar surface area (TPSA) is 43.6 Å². The molecule has 0 bridgehead atoms. The second kappa shape index (κ2) is 8.50. The molecule has 0 N–H and O–H groups in total. The Balaban J connectivity index is 1.41. The van der Waals surface area contributed by atoms with Crippen LogP contribution >= 0.6 is 23.1 Å². The molecule has 6 heteroatoms. The second-order valence-electron chi connectivity index (χ2n) is 6.29. The smallest absolute Gasteiger partial charge is 0.191 e. The zero-order valence-electron chi connectivity index (χ0n) is 15.0. The van der Waals surface area contributed by atoms with E-state index in [2.05, 4.69) is 75.6 Å². The quantitative estimate of drug-likeness (QED) is 0.404. The molecule has 1 atom stereocenters. The fourth-order valence-corrected chi connectivity index (χ4v) is 4.72. The molecule has 0 aliphatic heterocycles. The van der Waals surface area contributed by atoms with Crippen LogP contribution < -0.4 is 0 Å². The van der Waals surface area contributed by atoms with Gasteiger partial charge in [-0.05, 0) is 18.1 Å². The van der Waals surface area contributed by atoms with Gasteiger partial charge >= 0.3 is 0 Å². The van der Waals surface area contributed by atoms with E-state index in [1.165, 1.54) is 11.1 Å². The molecule has 2 aromatic heterocycles. The predicted molar refractivity (Wildman–Crippen MR) is 111 cm³/mol. The largest absolute Gasteiger partial charge is 0.301 e. The Morgan fingerprint density at radius 2 is 1.78 bits per heavy atom. The van der Waals surface area contributed by atoms with Gasteiger partial charge in [0.25, 0.3) is 0 Å². The maximum absolute atomic E-state index is 4.78. The molecule has 136 valence electrons. The van der Waals surface area contributed by atoms with Crippen molar-refractivity contribution in [1.82, 2.24) is 19.7 Å². The van der Waals surface area contributed by atoms with E-state index in [1.54, 1.807) is 23.1 Å². The van der Waals surface area contributed by atoms with Crippen LogP contribution in [0.4, 0.5) is 0 Å². The molecule has 0 aliphatic carbocycles. The number of hydrogen-bond acceptors (Lipinski definition) is 5. The fourth-order valence-electron chi connectivity index (χ4n) is 2.90. The average Bonchev–Trinajstić information content (AvgIpc) is 3.36. The van der Waals surface area contributed by atoms with Crippen molar-refractivity contribution in [2.45, 2.75) is 30.3 Å². The van der Waals surface area contributed by atoms with Crippen LogP contribution in [-0.4, -0.2) is 19.7 Å². The maximum Gasteiger partial charge on any atom is 0.191 e. The molecule has 2 aromatic carbocycles. The van der Waals surface area contributed by atoms with Crippen LogP contribution in [0.5, 0.6) is 0 Å². The standard InChI is InChI=1S/C21H20N4S2/c1-16(18-10-6-3-7-11-18)25-15-22-24-21(25)27-14-19-13-26-20(23-19)12-17-8-4-2-5-9-17/h2-11,13,15-16H,12,14H2,1H3. The monoisotopic (exact) mass is 392 g/mol. The van der Waals surface area contributed by atoms with Crippen LogP contribution in [0.2, 0.25) is 0 Å². The van der Waals surface area contributed by atoms with Gasteiger partial charge in [0.05, 0.1) is 16.7 Å². The van der Waals surface area contributed by atoms with E-state index in [0.29, 0.717) is 0 Å². The molecular formula is C21H20N4S2. The first kappa shape index (κ1) is 17.9. The molecule has 1 unspecified atom stereocenters. The van der Waals surface area contributed by atoms with Crippen molar-refractivity contribution in [3.8, 4) is 0 Å². The van der Waals surface area contributed by atoms with Gasteiger partial charge in [-0.1, -0.05) is 72.4 Å². The second-order valence-corrected chi connectivity index (χ2v) is 8.18. The molecule has 0 radical (unpaired) electrons. The number of rotatable bonds is 7. The van der Waals surface area contributed by atoms with Crippen LogP contribution in [0, 0.1) is 0 Å². The van der Waals surface area contributed by atoms with Crippen molar-refractivity contribution >= 4 is 23.1 Å². The van der Waals surface area contributed by atoms with Gasteiger partial charge in [0.15, 0.2) is 5.16 Å². The number of aromatic nitrogens is 4. The minimum absolute atomic E-state index is 0.202. The maximum atomic E-state index is 4.78. The summed E-state index contributed by atoms with van der Waals surface area (Å²) >= 11 is 3.40. The molecule has 4 aromatic rings. The highest BCUT2D eigenvalue weighted by Crippen LogP contribution is 2.27. The zero-order valence-corrected chi connectivity index (χ0v) is 16.7. The molecule has 4 rings (SSSR count). The fraction of sp³-hybridized carbons (Fsp3) is 0.190. The summed E-state index contributed by atoms with van der Waals surface area (Å²) < 4.78 is 2.12. The third-order valence-electron chi connectivity index (χ3n) is 4.39. The molecule has 0 fully saturated rings. The molecule has 2 heterocycles. The molecule has 4 nitrogen and oxygen atoms in total. The van der Waals surface area contributed by atoms with E-state index in [9.17, 15) is 0 Å². The normalized spacial score (nSPS) is 12.2. The molecule has 0 amide bonds. The lowest BCUT2D eigenvalue weighted by molar-refractivity contribution is 0.582. The van der Waals surface area contributed by atoms with E-state index in [0.717, 1.165) is 28.0 Å². The third kappa shape index (κ3) is 4.46. The van der Waals surface area contributed by atoms with Crippen LogP contribution in [0.25, 0.3) is 0 Å². The Morgan fingerprint density at radius 3 is 2.56 bits per heavy atom. The van der Waals surface area contributed by atoms with Gasteiger partial charge in [-0.25, -0.2) is 4.98 Å². The van der Waals surface area contributed by atoms with Crippen molar-refractivity contribution in [2.24, 2.45) is 0 Å². The summed E-state index contributed by atoms with van der Waals surface area (Å²) in [5.41, 5.74) is 3.64. The summed E-state index contributed by atoms with van der Waals surface area (Å²) in [6.07, 6.45) is 2.69. The number of benzene rings is 2. The Labute approximate surface area is 167 Å². The van der Waals surface area contributed by atoms with Gasteiger partial charge < -0.3 is 4.57 Å². The van der Waals surface area contributed by atoms with E-state index >= 15 is 0 Å². The first-order chi connectivity index (χ1) is 13.3. The predicted octanol–water partition coefficient (Wildman–Crippen LogP) is 5.23. The van der Waals surface area contributed by atoms with Crippen molar-refractivity contribution in [1.29, 1.82) is 0 Å².